The largest absolute Gasteiger partial charge is 0.907 e. The van der Waals surface area contributed by atoms with E-state index < -0.39 is 19.3 Å². The second-order valence-electron chi connectivity index (χ2n) is 9.07. The molecule has 0 atom stereocenters. The molecule has 0 aromatic rings. The van der Waals surface area contributed by atoms with Gasteiger partial charge in [-0.3, -0.25) is 7.32 Å². The van der Waals surface area contributed by atoms with Gasteiger partial charge < -0.3 is 28.5 Å². The molecule has 27 heavy (non-hydrogen) atoms. The molecule has 10 nitrogen and oxygen atoms in total. The van der Waals surface area contributed by atoms with Crippen molar-refractivity contribution in [3.05, 3.63) is 0 Å². The van der Waals surface area contributed by atoms with Gasteiger partial charge in [0.1, 0.15) is 0 Å². The second-order valence-corrected chi connectivity index (χ2v) is 9.07. The minimum absolute atomic E-state index is 1.00. The van der Waals surface area contributed by atoms with Crippen LogP contribution in [0.15, 0.2) is 0 Å². The molecule has 166 valence electrons. The van der Waals surface area contributed by atoms with Crippen LogP contribution in [0.3, 0.4) is 0 Å². The first-order chi connectivity index (χ1) is 11.5. The van der Waals surface area contributed by atoms with Crippen LogP contribution in [0.1, 0.15) is 0 Å². The molecule has 0 spiro atoms. The number of halogens is 2. The fraction of sp³-hybridized carbons (Fsp3) is 0.857. The maximum Gasteiger partial charge on any atom is 0.459 e. The van der Waals surface area contributed by atoms with Gasteiger partial charge >= 0.3 is 11.9 Å². The van der Waals surface area contributed by atoms with Crippen LogP contribution in [0.4, 0.5) is 9.05 Å². The van der Waals surface area contributed by atoms with E-state index in [4.69, 9.17) is 15.1 Å². The lowest BCUT2D eigenvalue weighted by atomic mass is 10.3. The van der Waals surface area contributed by atoms with Crippen LogP contribution < -0.4 is 15.1 Å². The van der Waals surface area contributed by atoms with E-state index in [0.717, 1.165) is 13.4 Å². The van der Waals surface area contributed by atoms with Crippen molar-refractivity contribution in [3.8, 4) is 0 Å². The predicted molar refractivity (Wildman–Crippen MR) is 92.0 cm³/mol. The summed E-state index contributed by atoms with van der Waals surface area (Å²) in [6, 6.07) is 0. The van der Waals surface area contributed by atoms with Crippen LogP contribution in [-0.4, -0.2) is 117 Å². The number of carbonyl (C=O) groups excluding carboxylic acids is 2. The maximum atomic E-state index is 10.5. The van der Waals surface area contributed by atoms with Crippen molar-refractivity contribution in [2.45, 2.75) is 0 Å². The molecule has 0 rings (SSSR count). The van der Waals surface area contributed by atoms with Gasteiger partial charge in [0, 0.05) is 9.05 Å². The normalized spacial score (nSPS) is 9.96. The average molecular weight is 407 g/mol. The molecule has 0 aromatic carbocycles. The summed E-state index contributed by atoms with van der Waals surface area (Å²) in [4.78, 5) is 23.4. The van der Waals surface area contributed by atoms with E-state index in [1.165, 1.54) is 0 Å². The third kappa shape index (κ3) is 287. The van der Waals surface area contributed by atoms with Crippen LogP contribution >= 0.6 is 0 Å². The Balaban J connectivity index is -0.0000000766. The molecule has 0 aliphatic heterocycles. The van der Waals surface area contributed by atoms with Crippen molar-refractivity contribution in [2.75, 3.05) is 84.6 Å². The average Bonchev–Trinajstić information content (AvgIpc) is 2.30. The Morgan fingerprint density at radius 3 is 0.704 bits per heavy atom. The SMILES string of the molecule is C[N+](C)(C)C.C[N+](C)(C)C.C[N+](C)(C)C.O=C(OF)C(=O)OF.[O-]B([O-])[O-]. The standard InChI is InChI=1S/3C4H12N.C2F2O4.BO3/c3*1-5(2,3)4;3-7-1(5)2(6)8-4;2-1(3)4/h3*1-4H3;;/q3*+1;;-3. The summed E-state index contributed by atoms with van der Waals surface area (Å²) in [5.74, 6) is -4.04. The molecule has 0 bridgehead atoms. The van der Waals surface area contributed by atoms with Gasteiger partial charge in [0.2, 0.25) is 0 Å². The molecule has 0 aromatic heterocycles. The van der Waals surface area contributed by atoms with Crippen molar-refractivity contribution in [1.82, 2.24) is 0 Å². The van der Waals surface area contributed by atoms with Gasteiger partial charge in [-0.1, -0.05) is 0 Å². The van der Waals surface area contributed by atoms with Gasteiger partial charge in [-0.2, -0.15) is 0 Å². The zero-order valence-corrected chi connectivity index (χ0v) is 18.5. The zero-order valence-electron chi connectivity index (χ0n) is 18.5. The quantitative estimate of drug-likeness (QED) is 0.236. The molecule has 0 amide bonds. The molecule has 0 saturated heterocycles. The summed E-state index contributed by atoms with van der Waals surface area (Å²) in [5.41, 5.74) is 0. The summed E-state index contributed by atoms with van der Waals surface area (Å²) < 4.78 is 24.0. The first-order valence-corrected chi connectivity index (χ1v) is 7.45. The van der Waals surface area contributed by atoms with E-state index in [-0.39, 0.29) is 0 Å². The van der Waals surface area contributed by atoms with E-state index in [0.29, 0.717) is 0 Å². The zero-order chi connectivity index (χ0) is 23.6. The minimum atomic E-state index is -2.92. The van der Waals surface area contributed by atoms with E-state index in [9.17, 15) is 18.6 Å². The number of carbonyl (C=O) groups is 2. The Hall–Kier alpha value is -1.38. The predicted octanol–water partition coefficient (Wildman–Crippen LogP) is -3.14. The van der Waals surface area contributed by atoms with Crippen LogP contribution in [-0.2, 0) is 19.5 Å². The van der Waals surface area contributed by atoms with Crippen LogP contribution in [0, 0.1) is 0 Å². The molecule has 13 heteroatoms. The van der Waals surface area contributed by atoms with Crippen molar-refractivity contribution in [3.63, 3.8) is 0 Å². The topological polar surface area (TPSA) is 122 Å². The lowest BCUT2D eigenvalue weighted by molar-refractivity contribution is -0.849. The van der Waals surface area contributed by atoms with Gasteiger partial charge in [-0.05, 0) is 0 Å². The fourth-order valence-electron chi connectivity index (χ4n) is 0.0630. The molecule has 0 unspecified atom stereocenters. The highest BCUT2D eigenvalue weighted by Crippen LogP contribution is 1.83. The van der Waals surface area contributed by atoms with Crippen molar-refractivity contribution in [2.24, 2.45) is 0 Å². The van der Waals surface area contributed by atoms with Crippen molar-refractivity contribution in [1.29, 1.82) is 0 Å². The Labute approximate surface area is 161 Å². The Bertz CT molecular complexity index is 306. The van der Waals surface area contributed by atoms with E-state index in [1.54, 1.807) is 0 Å². The highest BCUT2D eigenvalue weighted by atomic mass is 19.3. The molecule has 0 saturated carbocycles. The van der Waals surface area contributed by atoms with Crippen molar-refractivity contribution >= 4 is 19.3 Å². The summed E-state index contributed by atoms with van der Waals surface area (Å²) in [6.45, 7) is 0. The molecule has 0 heterocycles. The number of nitrogens with zero attached hydrogens (tertiary/aromatic N) is 3. The van der Waals surface area contributed by atoms with Crippen LogP contribution in [0.5, 0.6) is 0 Å². The number of hydrogen-bond acceptors (Lipinski definition) is 7. The first kappa shape index (κ1) is 36.5. The van der Waals surface area contributed by atoms with Gasteiger partial charge in [-0.15, -0.1) is 0 Å². The summed E-state index contributed by atoms with van der Waals surface area (Å²) >= 11 is 0. The molecule has 0 aliphatic rings. The third-order valence-electron chi connectivity index (χ3n) is 0.307. The molecule has 0 aliphatic carbocycles. The van der Waals surface area contributed by atoms with E-state index in [1.807, 2.05) is 0 Å². The minimum Gasteiger partial charge on any atom is -0.907 e. The molecular formula is C14H36BF2N3O7. The lowest BCUT2D eigenvalue weighted by Crippen LogP contribution is -2.56. The summed E-state index contributed by atoms with van der Waals surface area (Å²) in [5, 5.41) is 25.2. The molecule has 0 N–H and O–H groups in total. The summed E-state index contributed by atoms with van der Waals surface area (Å²) in [6.07, 6.45) is 0. The maximum absolute atomic E-state index is 10.5. The second kappa shape index (κ2) is 18.0. The van der Waals surface area contributed by atoms with Crippen molar-refractivity contribution < 1.29 is 57.0 Å². The highest BCUT2D eigenvalue weighted by molar-refractivity contribution is 6.29. The summed E-state index contributed by atoms with van der Waals surface area (Å²) in [7, 11) is 22.6. The highest BCUT2D eigenvalue weighted by Gasteiger charge is 2.18. The molecule has 0 fully saturated rings. The lowest BCUT2D eigenvalue weighted by Gasteiger charge is -2.35. The number of quaternary nitrogens is 3. The van der Waals surface area contributed by atoms with Gasteiger partial charge in [0.25, 0.3) is 0 Å². The molecular weight excluding hydrogens is 371 g/mol. The van der Waals surface area contributed by atoms with Gasteiger partial charge in [-0.25, -0.2) is 19.5 Å². The third-order valence-corrected chi connectivity index (χ3v) is 0.307. The van der Waals surface area contributed by atoms with Crippen LogP contribution in [0.2, 0.25) is 0 Å². The Kier molecular flexibility index (Phi) is 24.4. The first-order valence-electron chi connectivity index (χ1n) is 7.45. The van der Waals surface area contributed by atoms with Gasteiger partial charge in [0.05, 0.1) is 84.6 Å². The van der Waals surface area contributed by atoms with Gasteiger partial charge in [0.15, 0.2) is 0 Å². The van der Waals surface area contributed by atoms with E-state index >= 15 is 0 Å². The number of rotatable bonds is 0. The monoisotopic (exact) mass is 407 g/mol. The molecule has 0 radical (unpaired) electrons. The van der Waals surface area contributed by atoms with Crippen LogP contribution in [0.25, 0.3) is 0 Å². The van der Waals surface area contributed by atoms with E-state index in [2.05, 4.69) is 94.5 Å². The Morgan fingerprint density at radius 1 is 0.593 bits per heavy atom. The number of hydrogen-bond donors (Lipinski definition) is 0. The smallest absolute Gasteiger partial charge is 0.459 e. The fourth-order valence-corrected chi connectivity index (χ4v) is 0.0630. The Morgan fingerprint density at radius 2 is 0.667 bits per heavy atom.